The molecule has 3 atom stereocenters. The molecule has 3 N–H and O–H groups in total. The Balaban J connectivity index is 1.92. The van der Waals surface area contributed by atoms with Crippen molar-refractivity contribution in [1.29, 1.82) is 0 Å². The van der Waals surface area contributed by atoms with Crippen LogP contribution in [0.1, 0.15) is 31.4 Å². The van der Waals surface area contributed by atoms with Crippen LogP contribution >= 0.6 is 0 Å². The molecule has 0 radical (unpaired) electrons. The Hall–Kier alpha value is -1.17. The average Bonchev–Trinajstić information content (AvgIpc) is 2.93. The van der Waals surface area contributed by atoms with Gasteiger partial charge in [0.25, 0.3) is 0 Å². The minimum absolute atomic E-state index is 0.268. The Kier molecular flexibility index (Phi) is 5.56. The lowest BCUT2D eigenvalue weighted by Gasteiger charge is -2.21. The number of hydrogen-bond donors (Lipinski definition) is 2. The van der Waals surface area contributed by atoms with Gasteiger partial charge in [0.05, 0.1) is 13.2 Å². The molecule has 1 aliphatic rings. The molecule has 1 fully saturated rings. The first-order valence-corrected chi connectivity index (χ1v) is 7.51. The van der Waals surface area contributed by atoms with Crippen LogP contribution in [0, 0.1) is 11.7 Å². The molecule has 1 saturated heterocycles. The zero-order valence-corrected chi connectivity index (χ0v) is 12.8. The van der Waals surface area contributed by atoms with Crippen LogP contribution in [0.15, 0.2) is 18.2 Å². The van der Waals surface area contributed by atoms with Gasteiger partial charge in [-0.15, -0.1) is 0 Å². The van der Waals surface area contributed by atoms with Gasteiger partial charge in [-0.2, -0.15) is 0 Å². The first kappa shape index (κ1) is 16.2. The normalized spacial score (nSPS) is 22.2. The van der Waals surface area contributed by atoms with E-state index in [-0.39, 0.29) is 18.0 Å². The van der Waals surface area contributed by atoms with Crippen LogP contribution in [0.5, 0.6) is 5.75 Å². The molecule has 0 bridgehead atoms. The number of aliphatic hydroxyl groups excluding tert-OH is 1. The van der Waals surface area contributed by atoms with E-state index in [1.54, 1.807) is 12.1 Å². The van der Waals surface area contributed by atoms with Crippen LogP contribution < -0.4 is 10.5 Å². The predicted octanol–water partition coefficient (Wildman–Crippen LogP) is 1.93. The smallest absolute Gasteiger partial charge is 0.131 e. The monoisotopic (exact) mass is 296 g/mol. The summed E-state index contributed by atoms with van der Waals surface area (Å²) in [5, 5.41) is 9.61. The third-order valence-corrected chi connectivity index (χ3v) is 4.35. The van der Waals surface area contributed by atoms with Crippen molar-refractivity contribution in [2.45, 2.75) is 31.9 Å². The molecule has 0 spiro atoms. The van der Waals surface area contributed by atoms with Crippen molar-refractivity contribution < 1.29 is 14.2 Å². The zero-order chi connectivity index (χ0) is 15.4. The summed E-state index contributed by atoms with van der Waals surface area (Å²) < 4.78 is 19.2. The van der Waals surface area contributed by atoms with Crippen molar-refractivity contribution in [2.24, 2.45) is 11.7 Å². The molecular formula is C16H25FN2O2. The third kappa shape index (κ3) is 3.93. The highest BCUT2D eigenvalue weighted by Gasteiger charge is 2.26. The van der Waals surface area contributed by atoms with Gasteiger partial charge in [0.2, 0.25) is 0 Å². The quantitative estimate of drug-likeness (QED) is 0.842. The molecule has 0 aliphatic carbocycles. The Labute approximate surface area is 125 Å². The van der Waals surface area contributed by atoms with Gasteiger partial charge in [-0.05, 0) is 50.9 Å². The van der Waals surface area contributed by atoms with E-state index in [4.69, 9.17) is 10.5 Å². The number of rotatable bonds is 6. The minimum atomic E-state index is -0.383. The molecule has 21 heavy (non-hydrogen) atoms. The molecule has 118 valence electrons. The Bertz CT molecular complexity index is 468. The first-order chi connectivity index (χ1) is 10.0. The fourth-order valence-electron chi connectivity index (χ4n) is 2.98. The summed E-state index contributed by atoms with van der Waals surface area (Å²) in [7, 11) is 1.53. The molecule has 4 nitrogen and oxygen atoms in total. The van der Waals surface area contributed by atoms with Gasteiger partial charge in [-0.25, -0.2) is 4.39 Å². The fourth-order valence-corrected chi connectivity index (χ4v) is 2.98. The topological polar surface area (TPSA) is 58.7 Å². The van der Waals surface area contributed by atoms with Crippen molar-refractivity contribution in [3.05, 3.63) is 29.6 Å². The molecule has 0 saturated carbocycles. The van der Waals surface area contributed by atoms with Crippen LogP contribution in [0.25, 0.3) is 0 Å². The highest BCUT2D eigenvalue weighted by atomic mass is 19.1. The lowest BCUT2D eigenvalue weighted by Crippen LogP contribution is -2.27. The minimum Gasteiger partial charge on any atom is -0.496 e. The summed E-state index contributed by atoms with van der Waals surface area (Å²) in [6.45, 7) is 4.50. The van der Waals surface area contributed by atoms with Crippen molar-refractivity contribution in [1.82, 2.24) is 4.90 Å². The van der Waals surface area contributed by atoms with Gasteiger partial charge in [-0.1, -0.05) is 6.07 Å². The number of benzene rings is 1. The van der Waals surface area contributed by atoms with Crippen molar-refractivity contribution in [2.75, 3.05) is 26.7 Å². The van der Waals surface area contributed by atoms with Gasteiger partial charge in [0, 0.05) is 18.2 Å². The number of ether oxygens (including phenoxy) is 1. The molecule has 1 heterocycles. The summed E-state index contributed by atoms with van der Waals surface area (Å²) >= 11 is 0. The number of nitrogens with two attached hydrogens (primary N) is 1. The van der Waals surface area contributed by atoms with E-state index in [1.165, 1.54) is 13.2 Å². The van der Waals surface area contributed by atoms with Gasteiger partial charge in [-0.3, -0.25) is 0 Å². The second-order valence-corrected chi connectivity index (χ2v) is 5.84. The van der Waals surface area contributed by atoms with Crippen LogP contribution in [0.3, 0.4) is 0 Å². The Morgan fingerprint density at radius 2 is 2.29 bits per heavy atom. The van der Waals surface area contributed by atoms with Crippen LogP contribution in [0.2, 0.25) is 0 Å². The van der Waals surface area contributed by atoms with Gasteiger partial charge in [0.1, 0.15) is 11.6 Å². The molecule has 2 rings (SSSR count). The van der Waals surface area contributed by atoms with Crippen molar-refractivity contribution in [3.63, 3.8) is 0 Å². The summed E-state index contributed by atoms with van der Waals surface area (Å²) in [6.07, 6.45) is 1.41. The highest BCUT2D eigenvalue weighted by Crippen LogP contribution is 2.29. The van der Waals surface area contributed by atoms with Crippen LogP contribution in [-0.4, -0.2) is 42.9 Å². The highest BCUT2D eigenvalue weighted by molar-refractivity contribution is 5.37. The van der Waals surface area contributed by atoms with E-state index >= 15 is 0 Å². The van der Waals surface area contributed by atoms with E-state index in [9.17, 15) is 9.50 Å². The number of aliphatic hydroxyl groups is 1. The average molecular weight is 296 g/mol. The Morgan fingerprint density at radius 3 is 2.90 bits per heavy atom. The van der Waals surface area contributed by atoms with Gasteiger partial charge < -0.3 is 20.5 Å². The van der Waals surface area contributed by atoms with Crippen LogP contribution in [0.4, 0.5) is 4.39 Å². The molecule has 1 aliphatic heterocycles. The maximum Gasteiger partial charge on any atom is 0.131 e. The number of halogens is 1. The van der Waals surface area contributed by atoms with Gasteiger partial charge >= 0.3 is 0 Å². The Morgan fingerprint density at radius 1 is 1.52 bits per heavy atom. The fraction of sp³-hybridized carbons (Fsp3) is 0.625. The number of nitrogens with zero attached hydrogens (tertiary/aromatic N) is 1. The third-order valence-electron chi connectivity index (χ3n) is 4.35. The molecule has 1 aromatic rings. The molecule has 0 amide bonds. The maximum atomic E-state index is 13.9. The summed E-state index contributed by atoms with van der Waals surface area (Å²) in [4.78, 5) is 2.28. The van der Waals surface area contributed by atoms with Crippen molar-refractivity contribution >= 4 is 0 Å². The predicted molar refractivity (Wildman–Crippen MR) is 80.7 cm³/mol. The molecule has 5 heteroatoms. The second-order valence-electron chi connectivity index (χ2n) is 5.84. The van der Waals surface area contributed by atoms with E-state index in [0.717, 1.165) is 26.1 Å². The number of likely N-dealkylation sites (tertiary alicyclic amines) is 1. The van der Waals surface area contributed by atoms with Crippen LogP contribution in [-0.2, 0) is 0 Å². The largest absolute Gasteiger partial charge is 0.496 e. The van der Waals surface area contributed by atoms with E-state index in [1.807, 2.05) is 6.92 Å². The first-order valence-electron chi connectivity index (χ1n) is 7.51. The summed E-state index contributed by atoms with van der Waals surface area (Å²) in [5.41, 5.74) is 6.60. The second kappa shape index (κ2) is 7.20. The molecule has 0 aromatic heterocycles. The lowest BCUT2D eigenvalue weighted by atomic mass is 10.0. The number of methoxy groups -OCH3 is 1. The van der Waals surface area contributed by atoms with E-state index < -0.39 is 0 Å². The maximum absolute atomic E-state index is 13.9. The standard InChI is InChI=1S/C16H25FN2O2/c1-11(20)12-6-8-19(10-12)9-7-14(18)16-13(17)4-3-5-15(16)21-2/h3-5,11-12,14,20H,6-10,18H2,1-2H3. The summed E-state index contributed by atoms with van der Waals surface area (Å²) in [5.74, 6) is 0.528. The molecule has 1 aromatic carbocycles. The van der Waals surface area contributed by atoms with E-state index in [0.29, 0.717) is 23.7 Å². The molecular weight excluding hydrogens is 271 g/mol. The lowest BCUT2D eigenvalue weighted by molar-refractivity contribution is 0.127. The number of hydrogen-bond acceptors (Lipinski definition) is 4. The van der Waals surface area contributed by atoms with Gasteiger partial charge in [0.15, 0.2) is 0 Å². The zero-order valence-electron chi connectivity index (χ0n) is 12.8. The summed E-state index contributed by atoms with van der Waals surface area (Å²) in [6, 6.07) is 4.39. The van der Waals surface area contributed by atoms with Crippen molar-refractivity contribution in [3.8, 4) is 5.75 Å². The molecule has 3 unspecified atom stereocenters. The SMILES string of the molecule is COc1cccc(F)c1C(N)CCN1CCC(C(C)O)C1. The van der Waals surface area contributed by atoms with E-state index in [2.05, 4.69) is 4.90 Å².